The highest BCUT2D eigenvalue weighted by Gasteiger charge is 2.28. The lowest BCUT2D eigenvalue weighted by atomic mass is 10.0. The number of aromatic nitrogens is 4. The normalized spacial score (nSPS) is 17.7. The molecular formula is C32H35FN8O2. The maximum atomic E-state index is 14.2. The van der Waals surface area contributed by atoms with E-state index in [2.05, 4.69) is 27.3 Å². The van der Waals surface area contributed by atoms with Crippen molar-refractivity contribution >= 4 is 23.2 Å². The van der Waals surface area contributed by atoms with Crippen LogP contribution in [0.1, 0.15) is 43.2 Å². The third-order valence-corrected chi connectivity index (χ3v) is 8.23. The van der Waals surface area contributed by atoms with E-state index in [1.165, 1.54) is 12.3 Å². The molecule has 0 aliphatic carbocycles. The molecule has 0 radical (unpaired) electrons. The van der Waals surface area contributed by atoms with Crippen molar-refractivity contribution in [3.63, 3.8) is 0 Å². The summed E-state index contributed by atoms with van der Waals surface area (Å²) in [6.07, 6.45) is 6.54. The van der Waals surface area contributed by atoms with Gasteiger partial charge in [-0.15, -0.1) is 0 Å². The number of nitriles is 1. The smallest absolute Gasteiger partial charge is 0.236 e. The summed E-state index contributed by atoms with van der Waals surface area (Å²) in [4.78, 5) is 30.8. The molecule has 1 atom stereocenters. The summed E-state index contributed by atoms with van der Waals surface area (Å²) < 4.78 is 22.1. The Labute approximate surface area is 250 Å². The number of hydrogen-bond acceptors (Lipinski definition) is 8. The fourth-order valence-electron chi connectivity index (χ4n) is 5.90. The zero-order valence-corrected chi connectivity index (χ0v) is 24.2. The van der Waals surface area contributed by atoms with Gasteiger partial charge in [0.25, 0.3) is 0 Å². The van der Waals surface area contributed by atoms with Gasteiger partial charge >= 0.3 is 0 Å². The van der Waals surface area contributed by atoms with E-state index in [1.54, 1.807) is 21.6 Å². The summed E-state index contributed by atoms with van der Waals surface area (Å²) >= 11 is 0. The van der Waals surface area contributed by atoms with Gasteiger partial charge in [0.1, 0.15) is 35.2 Å². The number of likely N-dealkylation sites (tertiary alicyclic amines) is 1. The van der Waals surface area contributed by atoms with E-state index in [0.29, 0.717) is 42.7 Å². The number of nitrogens with one attached hydrogen (secondary N) is 1. The minimum atomic E-state index is -0.376. The molecule has 0 spiro atoms. The topological polar surface area (TPSA) is 112 Å². The van der Waals surface area contributed by atoms with E-state index in [0.717, 1.165) is 55.7 Å². The Bertz CT molecular complexity index is 1630. The number of pyridine rings is 1. The summed E-state index contributed by atoms with van der Waals surface area (Å²) in [5.41, 5.74) is 3.27. The van der Waals surface area contributed by atoms with Crippen LogP contribution in [-0.4, -0.2) is 68.5 Å². The standard InChI is InChI=1S/C32H35FN8O2/c1-22-30(36-25-8-5-15-40(20-25)29(42)11-14-34)37-31(27-18-35-28-10-9-24(33)19-41(27)28)38-32(22)39-16-12-26(13-17-39)43-21-23-6-3-2-4-7-23/h2-4,6-7,9-10,18-19,25-26H,5,8,11-13,15-17,20-21H2,1H3,(H,36,37,38). The molecule has 2 fully saturated rings. The Morgan fingerprint density at radius 1 is 1.12 bits per heavy atom. The monoisotopic (exact) mass is 582 g/mol. The average Bonchev–Trinajstić information content (AvgIpc) is 3.45. The molecule has 1 aromatic carbocycles. The SMILES string of the molecule is Cc1c(NC2CCCN(C(=O)CC#N)C2)nc(-c2cnc3ccc(F)cn23)nc1N1CCC(OCc2ccccc2)CC1. The van der Waals surface area contributed by atoms with Crippen LogP contribution in [0.5, 0.6) is 0 Å². The molecule has 0 saturated carbocycles. The first-order chi connectivity index (χ1) is 21.0. The number of nitrogens with zero attached hydrogens (tertiary/aromatic N) is 7. The zero-order valence-electron chi connectivity index (χ0n) is 24.2. The van der Waals surface area contributed by atoms with Gasteiger partial charge in [0.15, 0.2) is 5.82 Å². The molecule has 4 aromatic rings. The second-order valence-corrected chi connectivity index (χ2v) is 11.2. The van der Waals surface area contributed by atoms with Crippen LogP contribution in [-0.2, 0) is 16.1 Å². The third-order valence-electron chi connectivity index (χ3n) is 8.23. The van der Waals surface area contributed by atoms with Crippen LogP contribution in [0.25, 0.3) is 17.2 Å². The number of piperidine rings is 2. The molecule has 11 heteroatoms. The van der Waals surface area contributed by atoms with Crippen molar-refractivity contribution < 1.29 is 13.9 Å². The molecule has 3 aromatic heterocycles. The largest absolute Gasteiger partial charge is 0.373 e. The Morgan fingerprint density at radius 3 is 2.72 bits per heavy atom. The lowest BCUT2D eigenvalue weighted by Crippen LogP contribution is -2.45. The van der Waals surface area contributed by atoms with E-state index in [4.69, 9.17) is 20.0 Å². The number of imidazole rings is 1. The summed E-state index contributed by atoms with van der Waals surface area (Å²) in [7, 11) is 0. The van der Waals surface area contributed by atoms with E-state index >= 15 is 0 Å². The fraction of sp³-hybridized carbons (Fsp3) is 0.406. The highest BCUT2D eigenvalue weighted by molar-refractivity contribution is 5.78. The summed E-state index contributed by atoms with van der Waals surface area (Å²) in [6.45, 7) is 5.30. The van der Waals surface area contributed by atoms with Gasteiger partial charge in [0.2, 0.25) is 5.91 Å². The second-order valence-electron chi connectivity index (χ2n) is 11.2. The molecule has 1 N–H and O–H groups in total. The van der Waals surface area contributed by atoms with E-state index < -0.39 is 0 Å². The number of fused-ring (bicyclic) bond motifs is 1. The van der Waals surface area contributed by atoms with Crippen LogP contribution in [0.4, 0.5) is 16.0 Å². The number of ether oxygens (including phenoxy) is 1. The number of carbonyl (C=O) groups excluding carboxylic acids is 1. The van der Waals surface area contributed by atoms with Crippen molar-refractivity contribution in [2.45, 2.75) is 57.8 Å². The van der Waals surface area contributed by atoms with Gasteiger partial charge in [-0.05, 0) is 50.3 Å². The van der Waals surface area contributed by atoms with Gasteiger partial charge in [-0.2, -0.15) is 5.26 Å². The highest BCUT2D eigenvalue weighted by atomic mass is 19.1. The van der Waals surface area contributed by atoms with Crippen molar-refractivity contribution in [2.75, 3.05) is 36.4 Å². The Morgan fingerprint density at radius 2 is 1.93 bits per heavy atom. The summed E-state index contributed by atoms with van der Waals surface area (Å²) in [6, 6.07) is 15.1. The molecule has 222 valence electrons. The first kappa shape index (κ1) is 28.6. The number of benzene rings is 1. The van der Waals surface area contributed by atoms with Gasteiger partial charge in [-0.25, -0.2) is 19.3 Å². The van der Waals surface area contributed by atoms with E-state index in [1.807, 2.05) is 31.2 Å². The minimum Gasteiger partial charge on any atom is -0.373 e. The molecule has 1 unspecified atom stereocenters. The maximum absolute atomic E-state index is 14.2. The lowest BCUT2D eigenvalue weighted by Gasteiger charge is -2.35. The number of carbonyl (C=O) groups is 1. The van der Waals surface area contributed by atoms with Gasteiger partial charge in [0.05, 0.1) is 25.0 Å². The van der Waals surface area contributed by atoms with Crippen LogP contribution in [0.15, 0.2) is 54.9 Å². The van der Waals surface area contributed by atoms with Gasteiger partial charge in [-0.1, -0.05) is 30.3 Å². The van der Waals surface area contributed by atoms with Crippen molar-refractivity contribution in [1.82, 2.24) is 24.3 Å². The zero-order chi connectivity index (χ0) is 29.8. The summed E-state index contributed by atoms with van der Waals surface area (Å²) in [5, 5.41) is 12.6. The average molecular weight is 583 g/mol. The van der Waals surface area contributed by atoms with Crippen molar-refractivity contribution in [3.8, 4) is 17.6 Å². The third kappa shape index (κ3) is 6.44. The molecule has 1 amide bonds. The fourth-order valence-corrected chi connectivity index (χ4v) is 5.90. The lowest BCUT2D eigenvalue weighted by molar-refractivity contribution is -0.131. The minimum absolute atomic E-state index is 0.0255. The quantitative estimate of drug-likeness (QED) is 0.317. The van der Waals surface area contributed by atoms with Gasteiger partial charge < -0.3 is 19.9 Å². The van der Waals surface area contributed by atoms with Crippen molar-refractivity contribution in [3.05, 3.63) is 71.8 Å². The molecule has 2 aliphatic rings. The molecule has 2 aliphatic heterocycles. The predicted molar refractivity (Wildman–Crippen MR) is 161 cm³/mol. The first-order valence-corrected chi connectivity index (χ1v) is 14.8. The van der Waals surface area contributed by atoms with E-state index in [-0.39, 0.29) is 30.3 Å². The number of hydrogen-bond donors (Lipinski definition) is 1. The predicted octanol–water partition coefficient (Wildman–Crippen LogP) is 4.74. The van der Waals surface area contributed by atoms with Crippen LogP contribution in [0.2, 0.25) is 0 Å². The van der Waals surface area contributed by atoms with Crippen LogP contribution < -0.4 is 10.2 Å². The van der Waals surface area contributed by atoms with Gasteiger partial charge in [0, 0.05) is 44.0 Å². The van der Waals surface area contributed by atoms with Crippen LogP contribution >= 0.6 is 0 Å². The molecular weight excluding hydrogens is 547 g/mol. The maximum Gasteiger partial charge on any atom is 0.236 e. The van der Waals surface area contributed by atoms with Crippen LogP contribution in [0, 0.1) is 24.1 Å². The molecule has 43 heavy (non-hydrogen) atoms. The molecule has 10 nitrogen and oxygen atoms in total. The van der Waals surface area contributed by atoms with Crippen LogP contribution in [0.3, 0.4) is 0 Å². The first-order valence-electron chi connectivity index (χ1n) is 14.8. The number of rotatable bonds is 8. The molecule has 2 saturated heterocycles. The summed E-state index contributed by atoms with van der Waals surface area (Å²) in [5.74, 6) is 1.40. The molecule has 6 rings (SSSR count). The Hall–Kier alpha value is -4.56. The number of halogens is 1. The number of anilines is 2. The Kier molecular flexibility index (Phi) is 8.47. The Balaban J connectivity index is 1.26. The van der Waals surface area contributed by atoms with Crippen molar-refractivity contribution in [2.24, 2.45) is 0 Å². The van der Waals surface area contributed by atoms with Crippen molar-refractivity contribution in [1.29, 1.82) is 5.26 Å². The molecule has 5 heterocycles. The molecule has 0 bridgehead atoms. The van der Waals surface area contributed by atoms with E-state index in [9.17, 15) is 9.18 Å². The number of amides is 1. The van der Waals surface area contributed by atoms with Gasteiger partial charge in [-0.3, -0.25) is 9.20 Å². The second kappa shape index (κ2) is 12.8. The highest BCUT2D eigenvalue weighted by Crippen LogP contribution is 2.31.